The summed E-state index contributed by atoms with van der Waals surface area (Å²) in [5.41, 5.74) is 1.16. The van der Waals surface area contributed by atoms with Crippen LogP contribution in [-0.2, 0) is 9.59 Å². The van der Waals surface area contributed by atoms with Crippen LogP contribution in [0.5, 0.6) is 0 Å². The van der Waals surface area contributed by atoms with Gasteiger partial charge in [0, 0.05) is 17.7 Å². The summed E-state index contributed by atoms with van der Waals surface area (Å²) in [5, 5.41) is 21.8. The van der Waals surface area contributed by atoms with Crippen LogP contribution in [0.2, 0.25) is 0 Å². The third-order valence-corrected chi connectivity index (χ3v) is 4.81. The number of amides is 2. The largest absolute Gasteiger partial charge is 0.478 e. The lowest BCUT2D eigenvalue weighted by molar-refractivity contribution is -0.122. The van der Waals surface area contributed by atoms with E-state index in [9.17, 15) is 14.4 Å². The van der Waals surface area contributed by atoms with Gasteiger partial charge in [0.05, 0.1) is 11.8 Å². The summed E-state index contributed by atoms with van der Waals surface area (Å²) < 4.78 is 0. The van der Waals surface area contributed by atoms with E-state index < -0.39 is 11.2 Å². The minimum atomic E-state index is -1.07. The predicted octanol–water partition coefficient (Wildman–Crippen LogP) is 2.34. The number of para-hydroxylation sites is 1. The van der Waals surface area contributed by atoms with Gasteiger partial charge >= 0.3 is 5.97 Å². The van der Waals surface area contributed by atoms with Gasteiger partial charge in [-0.15, -0.1) is 5.10 Å². The first-order valence-electron chi connectivity index (χ1n) is 8.28. The molecule has 1 saturated heterocycles. The number of benzene rings is 2. The number of carbonyl (C=O) groups excluding carboxylic acids is 2. The number of rotatable bonds is 6. The molecule has 0 saturated carbocycles. The SMILES string of the molecule is O=C(CC1SC(=NN=Cc2ccccc2C(=O)O)NC1=O)Nc1ccccc1. The molecule has 0 aromatic heterocycles. The van der Waals surface area contributed by atoms with Crippen LogP contribution >= 0.6 is 11.8 Å². The Morgan fingerprint density at radius 1 is 1.14 bits per heavy atom. The number of nitrogens with zero attached hydrogens (tertiary/aromatic N) is 2. The number of aromatic carboxylic acids is 1. The molecule has 2 amide bonds. The molecule has 0 radical (unpaired) electrons. The quantitative estimate of drug-likeness (QED) is 0.511. The average Bonchev–Trinajstić information content (AvgIpc) is 3.02. The molecule has 1 aliphatic rings. The Morgan fingerprint density at radius 2 is 1.86 bits per heavy atom. The van der Waals surface area contributed by atoms with Gasteiger partial charge < -0.3 is 15.7 Å². The zero-order valence-electron chi connectivity index (χ0n) is 14.5. The maximum atomic E-state index is 12.1. The molecule has 3 N–H and O–H groups in total. The highest BCUT2D eigenvalue weighted by molar-refractivity contribution is 8.15. The Labute approximate surface area is 164 Å². The number of carbonyl (C=O) groups is 3. The first-order valence-corrected chi connectivity index (χ1v) is 9.16. The van der Waals surface area contributed by atoms with E-state index in [-0.39, 0.29) is 29.0 Å². The van der Waals surface area contributed by atoms with Gasteiger partial charge in [0.25, 0.3) is 0 Å². The van der Waals surface area contributed by atoms with Crippen molar-refractivity contribution in [2.75, 3.05) is 5.32 Å². The molecule has 1 atom stereocenters. The Kier molecular flexibility index (Phi) is 6.18. The van der Waals surface area contributed by atoms with Gasteiger partial charge in [0.2, 0.25) is 11.8 Å². The molecule has 8 nitrogen and oxygen atoms in total. The monoisotopic (exact) mass is 396 g/mol. The van der Waals surface area contributed by atoms with Crippen LogP contribution in [-0.4, -0.2) is 39.5 Å². The second kappa shape index (κ2) is 8.96. The molecule has 0 bridgehead atoms. The van der Waals surface area contributed by atoms with Gasteiger partial charge in [-0.1, -0.05) is 48.2 Å². The van der Waals surface area contributed by atoms with Crippen molar-refractivity contribution in [3.8, 4) is 0 Å². The molecule has 0 spiro atoms. The number of carboxylic acids is 1. The number of hydrogen-bond acceptors (Lipinski definition) is 6. The van der Waals surface area contributed by atoms with E-state index in [0.717, 1.165) is 11.8 Å². The number of thioether (sulfide) groups is 1. The van der Waals surface area contributed by atoms with Crippen molar-refractivity contribution in [2.24, 2.45) is 10.2 Å². The third-order valence-electron chi connectivity index (χ3n) is 3.74. The van der Waals surface area contributed by atoms with E-state index >= 15 is 0 Å². The summed E-state index contributed by atoms with van der Waals surface area (Å²) in [7, 11) is 0. The summed E-state index contributed by atoms with van der Waals surface area (Å²) in [6.45, 7) is 0. The predicted molar refractivity (Wildman–Crippen MR) is 108 cm³/mol. The van der Waals surface area contributed by atoms with Crippen LogP contribution in [0.25, 0.3) is 0 Å². The minimum absolute atomic E-state index is 0.00399. The van der Waals surface area contributed by atoms with E-state index in [0.29, 0.717) is 11.3 Å². The van der Waals surface area contributed by atoms with Crippen LogP contribution in [0.4, 0.5) is 5.69 Å². The molecule has 1 heterocycles. The van der Waals surface area contributed by atoms with Crippen LogP contribution in [0, 0.1) is 0 Å². The summed E-state index contributed by atoms with van der Waals surface area (Å²) >= 11 is 1.10. The van der Waals surface area contributed by atoms with Crippen molar-refractivity contribution >= 4 is 46.6 Å². The zero-order chi connectivity index (χ0) is 19.9. The van der Waals surface area contributed by atoms with Crippen molar-refractivity contribution in [3.63, 3.8) is 0 Å². The summed E-state index contributed by atoms with van der Waals surface area (Å²) in [6, 6.07) is 15.3. The summed E-state index contributed by atoms with van der Waals surface area (Å²) in [4.78, 5) is 35.3. The molecule has 142 valence electrons. The van der Waals surface area contributed by atoms with E-state index in [4.69, 9.17) is 5.11 Å². The van der Waals surface area contributed by atoms with Crippen LogP contribution in [0.15, 0.2) is 64.8 Å². The molecule has 2 aromatic carbocycles. The highest BCUT2D eigenvalue weighted by Gasteiger charge is 2.32. The lowest BCUT2D eigenvalue weighted by Crippen LogP contribution is -2.28. The van der Waals surface area contributed by atoms with Gasteiger partial charge in [-0.3, -0.25) is 9.59 Å². The Morgan fingerprint density at radius 3 is 2.61 bits per heavy atom. The number of hydrogen-bond donors (Lipinski definition) is 3. The first kappa shape index (κ1) is 19.3. The second-order valence-corrected chi connectivity index (χ2v) is 6.95. The Hall–Kier alpha value is -3.46. The van der Waals surface area contributed by atoms with E-state index in [1.165, 1.54) is 12.3 Å². The van der Waals surface area contributed by atoms with Gasteiger partial charge in [-0.05, 0) is 18.2 Å². The van der Waals surface area contributed by atoms with Crippen molar-refractivity contribution in [3.05, 3.63) is 65.7 Å². The molecule has 1 unspecified atom stereocenters. The lowest BCUT2D eigenvalue weighted by Gasteiger charge is -2.06. The highest BCUT2D eigenvalue weighted by Crippen LogP contribution is 2.23. The van der Waals surface area contributed by atoms with Crippen LogP contribution < -0.4 is 10.6 Å². The molecular formula is C19H16N4O4S. The lowest BCUT2D eigenvalue weighted by atomic mass is 10.1. The summed E-state index contributed by atoms with van der Waals surface area (Å²) in [6.07, 6.45) is 1.30. The van der Waals surface area contributed by atoms with E-state index in [1.807, 2.05) is 6.07 Å². The van der Waals surface area contributed by atoms with Crippen LogP contribution in [0.3, 0.4) is 0 Å². The molecule has 2 aromatic rings. The molecule has 1 fully saturated rings. The molecule has 9 heteroatoms. The maximum Gasteiger partial charge on any atom is 0.336 e. The fourth-order valence-corrected chi connectivity index (χ4v) is 3.36. The van der Waals surface area contributed by atoms with Gasteiger partial charge in [0.1, 0.15) is 5.25 Å². The Balaban J connectivity index is 1.59. The molecule has 28 heavy (non-hydrogen) atoms. The van der Waals surface area contributed by atoms with E-state index in [1.54, 1.807) is 42.5 Å². The number of carboxylic acid groups (broad SMARTS) is 1. The zero-order valence-corrected chi connectivity index (χ0v) is 15.3. The summed E-state index contributed by atoms with van der Waals surface area (Å²) in [5.74, 6) is -1.67. The second-order valence-electron chi connectivity index (χ2n) is 5.76. The van der Waals surface area contributed by atoms with E-state index in [2.05, 4.69) is 20.8 Å². The minimum Gasteiger partial charge on any atom is -0.478 e. The number of amidine groups is 1. The van der Waals surface area contributed by atoms with Gasteiger partial charge in [0.15, 0.2) is 5.17 Å². The first-order chi connectivity index (χ1) is 13.5. The fourth-order valence-electron chi connectivity index (χ4n) is 2.44. The van der Waals surface area contributed by atoms with Gasteiger partial charge in [-0.2, -0.15) is 5.10 Å². The van der Waals surface area contributed by atoms with Crippen molar-refractivity contribution < 1.29 is 19.5 Å². The van der Waals surface area contributed by atoms with Crippen LogP contribution in [0.1, 0.15) is 22.3 Å². The fraction of sp³-hybridized carbons (Fsp3) is 0.105. The number of anilines is 1. The molecular weight excluding hydrogens is 380 g/mol. The normalized spacial score (nSPS) is 17.6. The third kappa shape index (κ3) is 5.04. The maximum absolute atomic E-state index is 12.1. The molecule has 0 aliphatic carbocycles. The Bertz CT molecular complexity index is 959. The topological polar surface area (TPSA) is 120 Å². The number of nitrogens with one attached hydrogen (secondary N) is 2. The molecule has 1 aliphatic heterocycles. The van der Waals surface area contributed by atoms with Crippen molar-refractivity contribution in [2.45, 2.75) is 11.7 Å². The smallest absolute Gasteiger partial charge is 0.336 e. The standard InChI is InChI=1S/C19H16N4O4S/c24-16(21-13-7-2-1-3-8-13)10-15-17(25)22-19(28-15)23-20-11-12-6-4-5-9-14(12)18(26)27/h1-9,11,15H,10H2,(H,21,24)(H,26,27)(H,22,23,25). The average molecular weight is 396 g/mol. The van der Waals surface area contributed by atoms with Crippen molar-refractivity contribution in [1.29, 1.82) is 0 Å². The highest BCUT2D eigenvalue weighted by atomic mass is 32.2. The van der Waals surface area contributed by atoms with Crippen molar-refractivity contribution in [1.82, 2.24) is 5.32 Å². The van der Waals surface area contributed by atoms with Gasteiger partial charge in [-0.25, -0.2) is 4.79 Å². The molecule has 3 rings (SSSR count).